The van der Waals surface area contributed by atoms with Crippen LogP contribution in [0.4, 0.5) is 0 Å². The molecule has 0 bridgehead atoms. The van der Waals surface area contributed by atoms with Gasteiger partial charge in [0.2, 0.25) is 0 Å². The van der Waals surface area contributed by atoms with Gasteiger partial charge in [-0.15, -0.1) is 0 Å². The molecule has 2 nitrogen and oxygen atoms in total. The van der Waals surface area contributed by atoms with Gasteiger partial charge in [-0.05, 0) is 35.8 Å². The molecule has 0 aliphatic carbocycles. The fourth-order valence-corrected chi connectivity index (χ4v) is 1.39. The largest absolute Gasteiger partial charge is 0.391 e. The first-order chi connectivity index (χ1) is 6.84. The molecule has 0 atom stereocenters. The van der Waals surface area contributed by atoms with Crippen molar-refractivity contribution < 1.29 is 4.84 Å². The van der Waals surface area contributed by atoms with Crippen molar-refractivity contribution in [1.82, 2.24) is 5.48 Å². The molecule has 1 aromatic carbocycles. The van der Waals surface area contributed by atoms with Crippen LogP contribution in [0.25, 0.3) is 0 Å². The number of hydrogen-bond donors (Lipinski definition) is 1. The van der Waals surface area contributed by atoms with Crippen LogP contribution in [0.15, 0.2) is 48.4 Å². The van der Waals surface area contributed by atoms with Crippen molar-refractivity contribution in [2.24, 2.45) is 0 Å². The van der Waals surface area contributed by atoms with Crippen LogP contribution >= 0.6 is 11.6 Å². The summed E-state index contributed by atoms with van der Waals surface area (Å²) in [6.45, 7) is 0. The normalized spacial score (nSPS) is 14.2. The number of hydrogen-bond acceptors (Lipinski definition) is 2. The molecule has 1 aliphatic heterocycles. The van der Waals surface area contributed by atoms with E-state index in [1.807, 2.05) is 36.5 Å². The molecule has 1 aromatic rings. The summed E-state index contributed by atoms with van der Waals surface area (Å²) in [5, 5.41) is 0.767. The third kappa shape index (κ3) is 2.30. The van der Waals surface area contributed by atoms with Crippen molar-refractivity contribution in [3.8, 4) is 0 Å². The van der Waals surface area contributed by atoms with Crippen molar-refractivity contribution in [2.75, 3.05) is 0 Å². The van der Waals surface area contributed by atoms with Gasteiger partial charge in [-0.1, -0.05) is 23.7 Å². The van der Waals surface area contributed by atoms with Crippen LogP contribution in [0, 0.1) is 0 Å². The minimum Gasteiger partial charge on any atom is -0.391 e. The Balaban J connectivity index is 2.07. The number of benzene rings is 1. The Morgan fingerprint density at radius 1 is 1.21 bits per heavy atom. The summed E-state index contributed by atoms with van der Waals surface area (Å²) in [5.74, 6) is 0. The number of rotatable bonds is 2. The molecule has 14 heavy (non-hydrogen) atoms. The topological polar surface area (TPSA) is 21.3 Å². The Kier molecular flexibility index (Phi) is 2.75. The van der Waals surface area contributed by atoms with Crippen molar-refractivity contribution in [3.05, 3.63) is 59.0 Å². The zero-order valence-corrected chi connectivity index (χ0v) is 8.29. The van der Waals surface area contributed by atoms with E-state index in [2.05, 4.69) is 5.48 Å². The summed E-state index contributed by atoms with van der Waals surface area (Å²) in [6.07, 6.45) is 6.29. The zero-order valence-electron chi connectivity index (χ0n) is 7.53. The predicted molar refractivity (Wildman–Crippen MR) is 56.6 cm³/mol. The summed E-state index contributed by atoms with van der Waals surface area (Å²) in [6, 6.07) is 7.83. The molecule has 0 unspecified atom stereocenters. The van der Waals surface area contributed by atoms with E-state index in [9.17, 15) is 0 Å². The van der Waals surface area contributed by atoms with Crippen LogP contribution in [-0.4, -0.2) is 0 Å². The average Bonchev–Trinajstić information content (AvgIpc) is 2.23. The van der Waals surface area contributed by atoms with E-state index >= 15 is 0 Å². The van der Waals surface area contributed by atoms with Crippen LogP contribution in [0.1, 0.15) is 5.56 Å². The maximum Gasteiger partial charge on any atom is 0.119 e. The molecule has 0 radical (unpaired) electrons. The summed E-state index contributed by atoms with van der Waals surface area (Å²) in [5.41, 5.74) is 5.10. The second kappa shape index (κ2) is 4.20. The number of allylic oxidation sites excluding steroid dienone is 2. The molecule has 2 rings (SSSR count). The van der Waals surface area contributed by atoms with Gasteiger partial charge < -0.3 is 4.84 Å². The van der Waals surface area contributed by atoms with E-state index in [1.54, 1.807) is 6.26 Å². The molecule has 1 aliphatic rings. The first-order valence-corrected chi connectivity index (χ1v) is 4.73. The fraction of sp³-hybridized carbons (Fsp3) is 0.0909. The van der Waals surface area contributed by atoms with E-state index in [0.717, 1.165) is 11.4 Å². The van der Waals surface area contributed by atoms with Gasteiger partial charge in [-0.2, -0.15) is 0 Å². The van der Waals surface area contributed by atoms with Gasteiger partial charge in [0, 0.05) is 11.2 Å². The Labute approximate surface area is 87.8 Å². The molecule has 1 N–H and O–H groups in total. The number of nitrogens with one attached hydrogen (secondary N) is 1. The first kappa shape index (κ1) is 9.16. The molecular formula is C11H10ClNO. The predicted octanol–water partition coefficient (Wildman–Crippen LogP) is 2.81. The van der Waals surface area contributed by atoms with Crippen LogP contribution in [0.2, 0.25) is 5.02 Å². The minimum absolute atomic E-state index is 0.767. The van der Waals surface area contributed by atoms with Gasteiger partial charge in [0.1, 0.15) is 6.26 Å². The van der Waals surface area contributed by atoms with Crippen molar-refractivity contribution >= 4 is 11.6 Å². The van der Waals surface area contributed by atoms with Crippen molar-refractivity contribution in [1.29, 1.82) is 0 Å². The highest BCUT2D eigenvalue weighted by Crippen LogP contribution is 2.14. The van der Waals surface area contributed by atoms with Crippen LogP contribution in [0.3, 0.4) is 0 Å². The molecule has 3 heteroatoms. The maximum absolute atomic E-state index is 5.79. The molecule has 0 saturated carbocycles. The minimum atomic E-state index is 0.767. The summed E-state index contributed by atoms with van der Waals surface area (Å²) < 4.78 is 0. The highest BCUT2D eigenvalue weighted by Gasteiger charge is 1.99. The van der Waals surface area contributed by atoms with Crippen LogP contribution in [0.5, 0.6) is 0 Å². The van der Waals surface area contributed by atoms with Gasteiger partial charge in [0.15, 0.2) is 0 Å². The van der Waals surface area contributed by atoms with Crippen molar-refractivity contribution in [3.63, 3.8) is 0 Å². The summed E-state index contributed by atoms with van der Waals surface area (Å²) in [7, 11) is 0. The monoisotopic (exact) mass is 207 g/mol. The van der Waals surface area contributed by atoms with E-state index in [1.165, 1.54) is 11.1 Å². The van der Waals surface area contributed by atoms with Gasteiger partial charge in [-0.3, -0.25) is 0 Å². The lowest BCUT2D eigenvalue weighted by Gasteiger charge is -2.08. The summed E-state index contributed by atoms with van der Waals surface area (Å²) >= 11 is 5.79. The van der Waals surface area contributed by atoms with Gasteiger partial charge in [0.25, 0.3) is 0 Å². The maximum atomic E-state index is 5.79. The quantitative estimate of drug-likeness (QED) is 0.805. The Morgan fingerprint density at radius 3 is 2.64 bits per heavy atom. The molecule has 1 heterocycles. The highest BCUT2D eigenvalue weighted by atomic mass is 35.5. The summed E-state index contributed by atoms with van der Waals surface area (Å²) in [4.78, 5) is 4.83. The van der Waals surface area contributed by atoms with E-state index in [0.29, 0.717) is 0 Å². The third-order valence-corrected chi connectivity index (χ3v) is 2.24. The Morgan fingerprint density at radius 2 is 2.00 bits per heavy atom. The smallest absolute Gasteiger partial charge is 0.119 e. The second-order valence-corrected chi connectivity index (χ2v) is 3.50. The van der Waals surface area contributed by atoms with Gasteiger partial charge in [0.05, 0.1) is 0 Å². The zero-order chi connectivity index (χ0) is 9.80. The van der Waals surface area contributed by atoms with Crippen LogP contribution in [-0.2, 0) is 11.3 Å². The lowest BCUT2D eigenvalue weighted by Crippen LogP contribution is -2.07. The SMILES string of the molecule is Clc1ccc(CC2=CNOC=C2)cc1. The first-order valence-electron chi connectivity index (χ1n) is 4.36. The molecular weight excluding hydrogens is 198 g/mol. The molecule has 0 fully saturated rings. The van der Waals surface area contributed by atoms with Gasteiger partial charge in [-0.25, -0.2) is 5.48 Å². The number of hydroxylamine groups is 1. The molecule has 72 valence electrons. The Hall–Kier alpha value is -1.41. The van der Waals surface area contributed by atoms with E-state index in [4.69, 9.17) is 16.4 Å². The van der Waals surface area contributed by atoms with E-state index < -0.39 is 0 Å². The average molecular weight is 208 g/mol. The van der Waals surface area contributed by atoms with E-state index in [-0.39, 0.29) is 0 Å². The number of halogens is 1. The third-order valence-electron chi connectivity index (χ3n) is 1.98. The lowest BCUT2D eigenvalue weighted by molar-refractivity contribution is 0.170. The Bertz CT molecular complexity index is 367. The molecule has 0 amide bonds. The molecule has 0 saturated heterocycles. The second-order valence-electron chi connectivity index (χ2n) is 3.06. The van der Waals surface area contributed by atoms with Crippen LogP contribution < -0.4 is 5.48 Å². The van der Waals surface area contributed by atoms with Crippen molar-refractivity contribution in [2.45, 2.75) is 6.42 Å². The fourth-order valence-electron chi connectivity index (χ4n) is 1.27. The molecule has 0 aromatic heterocycles. The highest BCUT2D eigenvalue weighted by molar-refractivity contribution is 6.30. The lowest BCUT2D eigenvalue weighted by atomic mass is 10.1. The standard InChI is InChI=1S/C11H10ClNO/c12-11-3-1-9(2-4-11)7-10-5-6-14-13-8-10/h1-6,8,13H,7H2. The molecule has 0 spiro atoms. The van der Waals surface area contributed by atoms with Gasteiger partial charge >= 0.3 is 0 Å².